The van der Waals surface area contributed by atoms with Gasteiger partial charge in [-0.25, -0.2) is 0 Å². The minimum Gasteiger partial charge on any atom is -0.352 e. The predicted octanol–water partition coefficient (Wildman–Crippen LogP) is -0.901. The Morgan fingerprint density at radius 2 is 1.69 bits per heavy atom. The van der Waals surface area contributed by atoms with Crippen molar-refractivity contribution in [3.63, 3.8) is 0 Å². The van der Waals surface area contributed by atoms with Gasteiger partial charge in [-0.2, -0.15) is 0 Å². The summed E-state index contributed by atoms with van der Waals surface area (Å²) >= 11 is 0. The number of methoxy groups -OCH3 is 1. The highest BCUT2D eigenvalue weighted by Gasteiger charge is 2.22. The van der Waals surface area contributed by atoms with Gasteiger partial charge < -0.3 is 9.47 Å². The summed E-state index contributed by atoms with van der Waals surface area (Å²) in [5, 5.41) is 0. The number of benzene rings is 1. The van der Waals surface area contributed by atoms with Crippen molar-refractivity contribution in [1.29, 1.82) is 0 Å². The number of hydrogen-bond donors (Lipinski definition) is 0. The number of hydrogen-bond acceptors (Lipinski definition) is 2. The van der Waals surface area contributed by atoms with Crippen LogP contribution >= 0.6 is 0 Å². The zero-order chi connectivity index (χ0) is 20.9. The molecular weight excluding hydrogens is 469 g/mol. The first kappa shape index (κ1) is 25.9. The van der Waals surface area contributed by atoms with E-state index in [2.05, 4.69) is 24.3 Å². The minimum atomic E-state index is -0.221. The second kappa shape index (κ2) is 15.5. The van der Waals surface area contributed by atoms with Gasteiger partial charge in [-0.15, -0.1) is 0 Å². The van der Waals surface area contributed by atoms with Crippen molar-refractivity contribution < 1.29 is 9.47 Å². The molecule has 0 heterocycles. The predicted molar refractivity (Wildman–Crippen MR) is 152 cm³/mol. The fourth-order valence-electron chi connectivity index (χ4n) is 5.28. The van der Waals surface area contributed by atoms with E-state index < -0.39 is 0 Å². The first-order valence-corrected chi connectivity index (χ1v) is 39.1. The van der Waals surface area contributed by atoms with Crippen LogP contribution in [-0.4, -0.2) is 75.3 Å². The molecule has 166 valence electrons. The second-order valence-electron chi connectivity index (χ2n) is 9.14. The molecule has 0 radical (unpaired) electrons. The van der Waals surface area contributed by atoms with E-state index in [0.29, 0.717) is 40.8 Å². The first-order valence-electron chi connectivity index (χ1n) is 12.5. The first-order chi connectivity index (χ1) is 14.2. The fourth-order valence-corrected chi connectivity index (χ4v) is 182. The van der Waals surface area contributed by atoms with E-state index in [4.69, 9.17) is 9.47 Å². The molecule has 1 unspecified atom stereocenters. The molecule has 0 spiro atoms. The number of rotatable bonds is 14. The molecule has 1 aliphatic carbocycles. The highest BCUT2D eigenvalue weighted by molar-refractivity contribution is 7.66. The smallest absolute Gasteiger partial charge is 0.183 e. The van der Waals surface area contributed by atoms with Crippen LogP contribution in [0.2, 0.25) is 6.04 Å². The molecule has 9 heteroatoms. The Bertz CT molecular complexity index is 532. The van der Waals surface area contributed by atoms with Crippen LogP contribution in [0.3, 0.4) is 0 Å². The van der Waals surface area contributed by atoms with Gasteiger partial charge >= 0.3 is 0 Å². The van der Waals surface area contributed by atoms with Crippen LogP contribution in [0.5, 0.6) is 0 Å². The summed E-state index contributed by atoms with van der Waals surface area (Å²) in [5.41, 5.74) is 2.67. The van der Waals surface area contributed by atoms with Crippen LogP contribution in [0.25, 0.3) is 0 Å². The van der Waals surface area contributed by atoms with Crippen LogP contribution in [-0.2, 0) is 9.47 Å². The molecule has 1 atom stereocenters. The van der Waals surface area contributed by atoms with Gasteiger partial charge in [-0.3, -0.25) is 0 Å². The largest absolute Gasteiger partial charge is 0.352 e. The van der Waals surface area contributed by atoms with Crippen molar-refractivity contribution in [2.45, 2.75) is 70.1 Å². The van der Waals surface area contributed by atoms with E-state index in [9.17, 15) is 0 Å². The molecule has 1 aliphatic rings. The van der Waals surface area contributed by atoms with Gasteiger partial charge in [-0.05, 0) is 104 Å². The highest BCUT2D eigenvalue weighted by Crippen LogP contribution is 2.38. The van der Waals surface area contributed by atoms with Crippen molar-refractivity contribution >= 4 is 61.6 Å². The van der Waals surface area contributed by atoms with Crippen LogP contribution in [0.15, 0.2) is 24.3 Å². The van der Waals surface area contributed by atoms with E-state index >= 15 is 0 Å². The molecule has 29 heavy (non-hydrogen) atoms. The monoisotopic (exact) mass is 514 g/mol. The second-order valence-corrected chi connectivity index (χ2v) is 62.8. The lowest BCUT2D eigenvalue weighted by atomic mass is 9.77. The molecule has 1 aromatic rings. The van der Waals surface area contributed by atoms with E-state index in [0.717, 1.165) is 17.4 Å². The zero-order valence-corrected chi connectivity index (χ0v) is 30.4. The zero-order valence-electron chi connectivity index (χ0n) is 19.6. The lowest BCUT2D eigenvalue weighted by Crippen LogP contribution is -2.37. The van der Waals surface area contributed by atoms with Gasteiger partial charge in [0.15, 0.2) is 6.29 Å². The Kier molecular flexibility index (Phi) is 13.8. The Balaban J connectivity index is 1.69. The molecule has 2 rings (SSSR count). The molecule has 0 amide bonds. The summed E-state index contributed by atoms with van der Waals surface area (Å²) in [7, 11) is 7.76. The third-order valence-corrected chi connectivity index (χ3v) is 100. The molecule has 0 bridgehead atoms. The number of unbranched alkanes of at least 4 members (excludes halogenated alkanes) is 1. The van der Waals surface area contributed by atoms with E-state index in [1.54, 1.807) is 45.9 Å². The van der Waals surface area contributed by atoms with Gasteiger partial charge in [-0.1, -0.05) is 49.6 Å². The Hall–Kier alpha value is 0.658. The quantitative estimate of drug-likeness (QED) is 0.182. The standard InChI is InChI=1S/C20H46O2Si7/c1-3-22-20(21-2)19-13-11-18(12-14-19)17-9-7-16(8-10-17)6-4-5-15-29(27-25-23)28-26-24/h11-14,16-17,20,29H,3-10,15,25-28H2,1-2,23-24H3. The SMILES string of the molecule is CCOC(OC)c1ccc(C2CCC(CCCC[SiH]([SiH2][SiH2][SiH3])[SiH2][SiH2][SiH3])CC2)cc1. The Labute approximate surface area is 195 Å². The molecule has 1 fully saturated rings. The summed E-state index contributed by atoms with van der Waals surface area (Å²) in [6.07, 6.45) is 10.3. The maximum Gasteiger partial charge on any atom is 0.183 e. The molecular formula is C20H46O2Si7. The van der Waals surface area contributed by atoms with Crippen LogP contribution in [0.1, 0.15) is 75.2 Å². The molecule has 0 N–H and O–H groups in total. The molecule has 0 saturated heterocycles. The van der Waals surface area contributed by atoms with Crippen molar-refractivity contribution in [2.75, 3.05) is 13.7 Å². The average Bonchev–Trinajstić information content (AvgIpc) is 2.76. The normalized spacial score (nSPS) is 23.7. The summed E-state index contributed by atoms with van der Waals surface area (Å²) in [6.45, 7) is 2.70. The van der Waals surface area contributed by atoms with E-state index in [1.807, 2.05) is 13.0 Å². The summed E-state index contributed by atoms with van der Waals surface area (Å²) in [4.78, 5) is 0. The third-order valence-electron chi connectivity index (χ3n) is 6.93. The third kappa shape index (κ3) is 9.36. The van der Waals surface area contributed by atoms with Gasteiger partial charge in [0.2, 0.25) is 0 Å². The maximum atomic E-state index is 5.66. The molecule has 0 aromatic heterocycles. The van der Waals surface area contributed by atoms with Crippen molar-refractivity contribution in [1.82, 2.24) is 0 Å². The lowest BCUT2D eigenvalue weighted by molar-refractivity contribution is -0.124. The van der Waals surface area contributed by atoms with Crippen LogP contribution in [0.4, 0.5) is 0 Å². The number of ether oxygens (including phenoxy) is 2. The summed E-state index contributed by atoms with van der Waals surface area (Å²) in [6, 6.07) is 10.9. The molecule has 2 nitrogen and oxygen atoms in total. The maximum absolute atomic E-state index is 5.66. The van der Waals surface area contributed by atoms with Crippen molar-refractivity contribution in [3.05, 3.63) is 35.4 Å². The van der Waals surface area contributed by atoms with Gasteiger partial charge in [0, 0.05) is 27.1 Å². The Morgan fingerprint density at radius 1 is 1.03 bits per heavy atom. The topological polar surface area (TPSA) is 18.5 Å². The summed E-state index contributed by atoms with van der Waals surface area (Å²) < 4.78 is 11.1. The van der Waals surface area contributed by atoms with Crippen LogP contribution < -0.4 is 0 Å². The van der Waals surface area contributed by atoms with E-state index in [1.165, 1.54) is 31.2 Å². The highest BCUT2D eigenvalue weighted by atomic mass is 30.0. The molecule has 1 aromatic carbocycles. The van der Waals surface area contributed by atoms with Gasteiger partial charge in [0.05, 0.1) is 0 Å². The minimum absolute atomic E-state index is 0.0747. The van der Waals surface area contributed by atoms with Crippen molar-refractivity contribution in [2.24, 2.45) is 5.92 Å². The average molecular weight is 515 g/mol. The molecule has 1 saturated carbocycles. The fraction of sp³-hybridized carbons (Fsp3) is 0.700. The molecule has 0 aliphatic heterocycles. The lowest BCUT2D eigenvalue weighted by Gasteiger charge is -2.29. The van der Waals surface area contributed by atoms with Crippen molar-refractivity contribution in [3.8, 4) is 0 Å². The van der Waals surface area contributed by atoms with Gasteiger partial charge in [0.25, 0.3) is 0 Å². The summed E-state index contributed by atoms with van der Waals surface area (Å²) in [5.74, 6) is 1.82. The Morgan fingerprint density at radius 3 is 2.24 bits per heavy atom. The van der Waals surface area contributed by atoms with Gasteiger partial charge in [0.1, 0.15) is 0 Å². The van der Waals surface area contributed by atoms with Crippen LogP contribution in [0, 0.1) is 5.92 Å². The van der Waals surface area contributed by atoms with E-state index in [-0.39, 0.29) is 14.1 Å².